The van der Waals surface area contributed by atoms with Crippen molar-refractivity contribution in [1.29, 1.82) is 0 Å². The first-order valence-corrected chi connectivity index (χ1v) is 6.68. The van der Waals surface area contributed by atoms with Gasteiger partial charge in [0.1, 0.15) is 11.6 Å². The first-order valence-electron chi connectivity index (χ1n) is 6.68. The van der Waals surface area contributed by atoms with Crippen molar-refractivity contribution in [1.82, 2.24) is 4.98 Å². The molecule has 7 N–H and O–H groups in total. The Morgan fingerprint density at radius 3 is 2.32 bits per heavy atom. The van der Waals surface area contributed by atoms with Crippen LogP contribution in [0.4, 0.5) is 0 Å². The van der Waals surface area contributed by atoms with Crippen LogP contribution in [-0.4, -0.2) is 38.7 Å². The molecule has 0 aliphatic carbocycles. The van der Waals surface area contributed by atoms with Crippen molar-refractivity contribution < 1.29 is 19.8 Å². The summed E-state index contributed by atoms with van der Waals surface area (Å²) in [6.45, 7) is 2.88. The lowest BCUT2D eigenvalue weighted by Gasteiger charge is -2.09. The average molecular weight is 307 g/mol. The van der Waals surface area contributed by atoms with Crippen molar-refractivity contribution in [3.63, 3.8) is 0 Å². The number of carbonyl (C=O) groups is 2. The summed E-state index contributed by atoms with van der Waals surface area (Å²) in [4.78, 5) is 23.6. The summed E-state index contributed by atoms with van der Waals surface area (Å²) in [7, 11) is 0. The normalized spacial score (nSPS) is 12.4. The molecule has 0 bridgehead atoms. The summed E-state index contributed by atoms with van der Waals surface area (Å²) in [6.07, 6.45) is 2.16. The van der Waals surface area contributed by atoms with Crippen LogP contribution in [0.5, 0.6) is 0 Å². The van der Waals surface area contributed by atoms with E-state index >= 15 is 0 Å². The monoisotopic (exact) mass is 307 g/mol. The standard InChI is InChI=1S/C11H12N2O2.C4H9NO2/c12-9(11(14)15)5-7-6-13-10-4-2-1-3-8(7)10;1-4(2,5)3(6)7/h1-4,6,9,13H,5,12H2,(H,14,15);5H2,1-2H3,(H,6,7)/t9-;/m1./s1. The number of hydrogen-bond acceptors (Lipinski definition) is 4. The van der Waals surface area contributed by atoms with Gasteiger partial charge >= 0.3 is 11.9 Å². The number of fused-ring (bicyclic) bond motifs is 1. The molecule has 1 aromatic carbocycles. The Morgan fingerprint density at radius 1 is 1.27 bits per heavy atom. The second-order valence-corrected chi connectivity index (χ2v) is 5.54. The number of rotatable bonds is 4. The van der Waals surface area contributed by atoms with E-state index in [0.29, 0.717) is 6.42 Å². The molecule has 7 nitrogen and oxygen atoms in total. The molecule has 1 atom stereocenters. The van der Waals surface area contributed by atoms with E-state index in [1.807, 2.05) is 30.5 Å². The molecule has 0 aliphatic rings. The minimum absolute atomic E-state index is 0.347. The Labute approximate surface area is 127 Å². The number of carboxylic acids is 2. The van der Waals surface area contributed by atoms with E-state index < -0.39 is 23.5 Å². The summed E-state index contributed by atoms with van der Waals surface area (Å²) in [5.74, 6) is -1.95. The van der Waals surface area contributed by atoms with Crippen LogP contribution in [0.3, 0.4) is 0 Å². The van der Waals surface area contributed by atoms with E-state index in [9.17, 15) is 9.59 Å². The zero-order chi connectivity index (χ0) is 16.9. The molecular weight excluding hydrogens is 286 g/mol. The Balaban J connectivity index is 0.000000295. The molecule has 0 radical (unpaired) electrons. The highest BCUT2D eigenvalue weighted by molar-refractivity contribution is 5.84. The summed E-state index contributed by atoms with van der Waals surface area (Å²) in [5.41, 5.74) is 11.4. The van der Waals surface area contributed by atoms with Crippen LogP contribution in [-0.2, 0) is 16.0 Å². The second kappa shape index (κ2) is 7.06. The van der Waals surface area contributed by atoms with Crippen LogP contribution in [0.25, 0.3) is 10.9 Å². The van der Waals surface area contributed by atoms with Gasteiger partial charge in [-0.3, -0.25) is 9.59 Å². The van der Waals surface area contributed by atoms with Gasteiger partial charge in [-0.25, -0.2) is 0 Å². The SMILES string of the molecule is CC(C)(N)C(=O)O.N[C@H](Cc1c[nH]c2ccccc12)C(=O)O. The Hall–Kier alpha value is -2.38. The van der Waals surface area contributed by atoms with Crippen molar-refractivity contribution in [3.05, 3.63) is 36.0 Å². The summed E-state index contributed by atoms with van der Waals surface area (Å²) < 4.78 is 0. The fourth-order valence-corrected chi connectivity index (χ4v) is 1.62. The van der Waals surface area contributed by atoms with Crippen molar-refractivity contribution in [2.75, 3.05) is 0 Å². The number of aromatic nitrogens is 1. The lowest BCUT2D eigenvalue weighted by atomic mass is 10.1. The number of aromatic amines is 1. The maximum atomic E-state index is 10.6. The van der Waals surface area contributed by atoms with Gasteiger partial charge in [0.15, 0.2) is 0 Å². The number of benzene rings is 1. The van der Waals surface area contributed by atoms with E-state index in [2.05, 4.69) is 4.98 Å². The number of para-hydroxylation sites is 1. The third-order valence-electron chi connectivity index (χ3n) is 2.98. The third kappa shape index (κ3) is 4.87. The van der Waals surface area contributed by atoms with Gasteiger partial charge in [-0.2, -0.15) is 0 Å². The fraction of sp³-hybridized carbons (Fsp3) is 0.333. The van der Waals surface area contributed by atoms with Crippen LogP contribution in [0.1, 0.15) is 19.4 Å². The number of hydrogen-bond donors (Lipinski definition) is 5. The van der Waals surface area contributed by atoms with Gasteiger partial charge in [-0.15, -0.1) is 0 Å². The molecule has 2 aromatic rings. The van der Waals surface area contributed by atoms with Gasteiger partial charge in [0.05, 0.1) is 0 Å². The van der Waals surface area contributed by atoms with Gasteiger partial charge in [0.25, 0.3) is 0 Å². The lowest BCUT2D eigenvalue weighted by molar-refractivity contribution is -0.142. The van der Waals surface area contributed by atoms with Crippen molar-refractivity contribution in [2.24, 2.45) is 11.5 Å². The molecule has 1 aromatic heterocycles. The number of carboxylic acid groups (broad SMARTS) is 2. The van der Waals surface area contributed by atoms with E-state index in [1.165, 1.54) is 13.8 Å². The third-order valence-corrected chi connectivity index (χ3v) is 2.98. The van der Waals surface area contributed by atoms with Gasteiger partial charge in [-0.1, -0.05) is 18.2 Å². The molecular formula is C15H21N3O4. The highest BCUT2D eigenvalue weighted by atomic mass is 16.4. The number of nitrogens with two attached hydrogens (primary N) is 2. The minimum atomic E-state index is -1.08. The van der Waals surface area contributed by atoms with E-state index in [-0.39, 0.29) is 0 Å². The first-order chi connectivity index (χ1) is 10.1. The van der Waals surface area contributed by atoms with Crippen LogP contribution in [0, 0.1) is 0 Å². The lowest BCUT2D eigenvalue weighted by Crippen LogP contribution is -2.41. The molecule has 1 heterocycles. The van der Waals surface area contributed by atoms with E-state index in [4.69, 9.17) is 21.7 Å². The minimum Gasteiger partial charge on any atom is -0.480 e. The number of nitrogens with one attached hydrogen (secondary N) is 1. The van der Waals surface area contributed by atoms with E-state index in [0.717, 1.165) is 16.5 Å². The number of aliphatic carboxylic acids is 2. The zero-order valence-electron chi connectivity index (χ0n) is 12.5. The number of H-pyrrole nitrogens is 1. The van der Waals surface area contributed by atoms with Crippen LogP contribution < -0.4 is 11.5 Å². The largest absolute Gasteiger partial charge is 0.480 e. The molecule has 0 amide bonds. The topological polar surface area (TPSA) is 142 Å². The molecule has 7 heteroatoms. The van der Waals surface area contributed by atoms with Gasteiger partial charge in [0, 0.05) is 23.5 Å². The maximum Gasteiger partial charge on any atom is 0.323 e. The van der Waals surface area contributed by atoms with Crippen LogP contribution >= 0.6 is 0 Å². The Bertz CT molecular complexity index is 658. The molecule has 0 saturated heterocycles. The predicted molar refractivity (Wildman–Crippen MR) is 83.5 cm³/mol. The fourth-order valence-electron chi connectivity index (χ4n) is 1.62. The maximum absolute atomic E-state index is 10.6. The molecule has 0 spiro atoms. The van der Waals surface area contributed by atoms with Gasteiger partial charge < -0.3 is 26.7 Å². The molecule has 0 unspecified atom stereocenters. The van der Waals surface area contributed by atoms with Crippen molar-refractivity contribution >= 4 is 22.8 Å². The molecule has 0 aliphatic heterocycles. The molecule has 120 valence electrons. The quantitative estimate of drug-likeness (QED) is 0.568. The molecule has 0 saturated carbocycles. The molecule has 0 fully saturated rings. The summed E-state index contributed by atoms with van der Waals surface area (Å²) in [6, 6.07) is 6.91. The Morgan fingerprint density at radius 2 is 1.82 bits per heavy atom. The average Bonchev–Trinajstić information content (AvgIpc) is 2.82. The van der Waals surface area contributed by atoms with E-state index in [1.54, 1.807) is 0 Å². The van der Waals surface area contributed by atoms with Crippen LogP contribution in [0.2, 0.25) is 0 Å². The first kappa shape index (κ1) is 17.7. The zero-order valence-corrected chi connectivity index (χ0v) is 12.5. The smallest absolute Gasteiger partial charge is 0.323 e. The molecule has 2 rings (SSSR count). The Kier molecular flexibility index (Phi) is 5.67. The van der Waals surface area contributed by atoms with Crippen LogP contribution in [0.15, 0.2) is 30.5 Å². The summed E-state index contributed by atoms with van der Waals surface area (Å²) >= 11 is 0. The summed E-state index contributed by atoms with van der Waals surface area (Å²) in [5, 5.41) is 17.9. The highest BCUT2D eigenvalue weighted by Crippen LogP contribution is 2.18. The van der Waals surface area contributed by atoms with Gasteiger partial charge in [0.2, 0.25) is 0 Å². The predicted octanol–water partition coefficient (Wildman–Crippen LogP) is 0.931. The van der Waals surface area contributed by atoms with Crippen molar-refractivity contribution in [2.45, 2.75) is 31.8 Å². The molecule has 22 heavy (non-hydrogen) atoms. The van der Waals surface area contributed by atoms with Gasteiger partial charge in [-0.05, 0) is 25.5 Å². The van der Waals surface area contributed by atoms with Crippen molar-refractivity contribution in [3.8, 4) is 0 Å². The highest BCUT2D eigenvalue weighted by Gasteiger charge is 2.19. The second-order valence-electron chi connectivity index (χ2n) is 5.54.